The smallest absolute Gasteiger partial charge is 0.0987 e. The average Bonchev–Trinajstić information content (AvgIpc) is 2.04. The van der Waals surface area contributed by atoms with Crippen LogP contribution in [0.3, 0.4) is 0 Å². The lowest BCUT2D eigenvalue weighted by atomic mass is 9.81. The van der Waals surface area contributed by atoms with Crippen LogP contribution in [-0.4, -0.2) is 22.4 Å². The van der Waals surface area contributed by atoms with Gasteiger partial charge in [0.2, 0.25) is 0 Å². The summed E-state index contributed by atoms with van der Waals surface area (Å²) in [7, 11) is 0. The maximum atomic E-state index is 9.71. The number of hydrogen-bond acceptors (Lipinski definition) is 2. The van der Waals surface area contributed by atoms with Gasteiger partial charge < -0.3 is 10.2 Å². The molecular formula is C10H18O2. The van der Waals surface area contributed by atoms with Gasteiger partial charge in [-0.25, -0.2) is 0 Å². The molecule has 0 aliphatic heterocycles. The predicted molar refractivity (Wildman–Crippen MR) is 48.8 cm³/mol. The highest BCUT2D eigenvalue weighted by atomic mass is 16.3. The Morgan fingerprint density at radius 1 is 1.42 bits per heavy atom. The first-order chi connectivity index (χ1) is 5.43. The van der Waals surface area contributed by atoms with Crippen LogP contribution in [0.5, 0.6) is 0 Å². The molecule has 0 amide bonds. The van der Waals surface area contributed by atoms with Crippen molar-refractivity contribution in [2.45, 2.75) is 45.8 Å². The molecule has 70 valence electrons. The van der Waals surface area contributed by atoms with Crippen molar-refractivity contribution in [3.05, 3.63) is 11.6 Å². The first-order valence-electron chi connectivity index (χ1n) is 4.47. The summed E-state index contributed by atoms with van der Waals surface area (Å²) in [5.74, 6) is 0. The molecule has 1 rings (SSSR count). The first kappa shape index (κ1) is 9.75. The van der Waals surface area contributed by atoms with Crippen LogP contribution in [0, 0.1) is 5.41 Å². The van der Waals surface area contributed by atoms with Crippen molar-refractivity contribution < 1.29 is 10.2 Å². The highest BCUT2D eigenvalue weighted by Crippen LogP contribution is 2.33. The van der Waals surface area contributed by atoms with Gasteiger partial charge in [0.15, 0.2) is 0 Å². The third-order valence-corrected chi connectivity index (χ3v) is 2.74. The Labute approximate surface area is 73.9 Å². The fourth-order valence-corrected chi connectivity index (χ4v) is 1.60. The Bertz CT molecular complexity index is 194. The van der Waals surface area contributed by atoms with Crippen molar-refractivity contribution in [3.8, 4) is 0 Å². The molecule has 1 aliphatic carbocycles. The standard InChI is InChI=1S/C10H18O2/c1-7-4-5-10(2,3)9(12)8(11)6-7/h6,8-9,11-12H,4-5H2,1-3H3. The Kier molecular flexibility index (Phi) is 2.59. The molecule has 12 heavy (non-hydrogen) atoms. The lowest BCUT2D eigenvalue weighted by Crippen LogP contribution is -2.37. The van der Waals surface area contributed by atoms with E-state index in [1.54, 1.807) is 6.08 Å². The van der Waals surface area contributed by atoms with Crippen LogP contribution in [0.4, 0.5) is 0 Å². The normalized spacial score (nSPS) is 35.6. The summed E-state index contributed by atoms with van der Waals surface area (Å²) in [4.78, 5) is 0. The van der Waals surface area contributed by atoms with E-state index in [-0.39, 0.29) is 5.41 Å². The average molecular weight is 170 g/mol. The summed E-state index contributed by atoms with van der Waals surface area (Å²) in [5.41, 5.74) is 1.00. The van der Waals surface area contributed by atoms with Gasteiger partial charge in [-0.3, -0.25) is 0 Å². The zero-order valence-corrected chi connectivity index (χ0v) is 8.04. The number of rotatable bonds is 0. The van der Waals surface area contributed by atoms with E-state index < -0.39 is 12.2 Å². The molecule has 0 saturated heterocycles. The topological polar surface area (TPSA) is 40.5 Å². The summed E-state index contributed by atoms with van der Waals surface area (Å²) in [6, 6.07) is 0. The zero-order chi connectivity index (χ0) is 9.35. The molecule has 0 heterocycles. The molecule has 0 aromatic rings. The summed E-state index contributed by atoms with van der Waals surface area (Å²) in [6.45, 7) is 5.98. The monoisotopic (exact) mass is 170 g/mol. The molecule has 2 heteroatoms. The summed E-state index contributed by atoms with van der Waals surface area (Å²) in [5, 5.41) is 19.2. The highest BCUT2D eigenvalue weighted by molar-refractivity contribution is 5.09. The second kappa shape index (κ2) is 3.19. The highest BCUT2D eigenvalue weighted by Gasteiger charge is 2.33. The quantitative estimate of drug-likeness (QED) is 0.540. The van der Waals surface area contributed by atoms with Crippen molar-refractivity contribution >= 4 is 0 Å². The second-order valence-electron chi connectivity index (χ2n) is 4.44. The number of allylic oxidation sites excluding steroid dienone is 1. The van der Waals surface area contributed by atoms with Crippen LogP contribution < -0.4 is 0 Å². The minimum absolute atomic E-state index is 0.173. The van der Waals surface area contributed by atoms with Gasteiger partial charge in [-0.15, -0.1) is 0 Å². The molecule has 0 spiro atoms. The fourth-order valence-electron chi connectivity index (χ4n) is 1.60. The third kappa shape index (κ3) is 1.87. The first-order valence-corrected chi connectivity index (χ1v) is 4.47. The van der Waals surface area contributed by atoms with E-state index >= 15 is 0 Å². The molecule has 0 radical (unpaired) electrons. The van der Waals surface area contributed by atoms with Gasteiger partial charge in [-0.2, -0.15) is 0 Å². The molecule has 2 unspecified atom stereocenters. The minimum Gasteiger partial charge on any atom is -0.390 e. The SMILES string of the molecule is CC1=CC(O)C(O)C(C)(C)CC1. The largest absolute Gasteiger partial charge is 0.390 e. The molecule has 2 nitrogen and oxygen atoms in total. The van der Waals surface area contributed by atoms with E-state index in [4.69, 9.17) is 0 Å². The maximum Gasteiger partial charge on any atom is 0.0987 e. The van der Waals surface area contributed by atoms with Crippen LogP contribution in [0.25, 0.3) is 0 Å². The van der Waals surface area contributed by atoms with Crippen molar-refractivity contribution in [1.82, 2.24) is 0 Å². The van der Waals surface area contributed by atoms with Gasteiger partial charge in [0.25, 0.3) is 0 Å². The van der Waals surface area contributed by atoms with Gasteiger partial charge in [0.1, 0.15) is 0 Å². The van der Waals surface area contributed by atoms with Crippen LogP contribution in [0.2, 0.25) is 0 Å². The molecule has 0 aromatic carbocycles. The molecule has 0 aromatic heterocycles. The predicted octanol–water partition coefficient (Wildman–Crippen LogP) is 1.47. The summed E-state index contributed by atoms with van der Waals surface area (Å²) in [6.07, 6.45) is 2.35. The Balaban J connectivity index is 2.82. The lowest BCUT2D eigenvalue weighted by molar-refractivity contribution is -0.0300. The lowest BCUT2D eigenvalue weighted by Gasteiger charge is -2.30. The van der Waals surface area contributed by atoms with E-state index in [0.29, 0.717) is 0 Å². The van der Waals surface area contributed by atoms with Gasteiger partial charge in [0.05, 0.1) is 12.2 Å². The maximum absolute atomic E-state index is 9.71. The van der Waals surface area contributed by atoms with E-state index in [1.165, 1.54) is 5.57 Å². The van der Waals surface area contributed by atoms with E-state index in [2.05, 4.69) is 0 Å². The summed E-state index contributed by atoms with van der Waals surface area (Å²) < 4.78 is 0. The molecule has 0 fully saturated rings. The van der Waals surface area contributed by atoms with E-state index in [0.717, 1.165) is 12.8 Å². The molecule has 2 N–H and O–H groups in total. The number of aliphatic hydroxyl groups is 2. The van der Waals surface area contributed by atoms with Crippen LogP contribution in [0.1, 0.15) is 33.6 Å². The molecule has 2 atom stereocenters. The van der Waals surface area contributed by atoms with Gasteiger partial charge in [0, 0.05) is 0 Å². The van der Waals surface area contributed by atoms with Gasteiger partial charge in [-0.1, -0.05) is 25.5 Å². The molecule has 0 saturated carbocycles. The van der Waals surface area contributed by atoms with Crippen molar-refractivity contribution in [2.75, 3.05) is 0 Å². The van der Waals surface area contributed by atoms with E-state index in [1.807, 2.05) is 20.8 Å². The Hall–Kier alpha value is -0.340. The minimum atomic E-state index is -0.692. The van der Waals surface area contributed by atoms with Crippen LogP contribution in [-0.2, 0) is 0 Å². The molecular weight excluding hydrogens is 152 g/mol. The van der Waals surface area contributed by atoms with Crippen molar-refractivity contribution in [2.24, 2.45) is 5.41 Å². The van der Waals surface area contributed by atoms with Crippen molar-refractivity contribution in [3.63, 3.8) is 0 Å². The van der Waals surface area contributed by atoms with Crippen molar-refractivity contribution in [1.29, 1.82) is 0 Å². The Morgan fingerprint density at radius 2 is 2.00 bits per heavy atom. The zero-order valence-electron chi connectivity index (χ0n) is 8.04. The fraction of sp³-hybridized carbons (Fsp3) is 0.800. The van der Waals surface area contributed by atoms with Crippen LogP contribution >= 0.6 is 0 Å². The third-order valence-electron chi connectivity index (χ3n) is 2.74. The number of aliphatic hydroxyl groups excluding tert-OH is 2. The number of hydrogen-bond donors (Lipinski definition) is 2. The van der Waals surface area contributed by atoms with Gasteiger partial charge in [-0.05, 0) is 25.2 Å². The van der Waals surface area contributed by atoms with Crippen LogP contribution in [0.15, 0.2) is 11.6 Å². The second-order valence-corrected chi connectivity index (χ2v) is 4.44. The molecule has 0 bridgehead atoms. The van der Waals surface area contributed by atoms with E-state index in [9.17, 15) is 10.2 Å². The Morgan fingerprint density at radius 3 is 2.58 bits per heavy atom. The summed E-state index contributed by atoms with van der Waals surface area (Å²) >= 11 is 0. The van der Waals surface area contributed by atoms with Gasteiger partial charge >= 0.3 is 0 Å². The molecule has 1 aliphatic rings.